The Morgan fingerprint density at radius 1 is 1.15 bits per heavy atom. The van der Waals surface area contributed by atoms with Gasteiger partial charge in [-0.15, -0.1) is 0 Å². The Kier molecular flexibility index (Phi) is 4.94. The standard InChI is InChI=1S/C16H28N2O2/c19-16(10-15-5-1-2-9-20-15)18(14-6-7-14)12-13-4-3-8-17-11-13/h13-15,17H,1-12H2. The number of carbonyl (C=O) groups is 1. The van der Waals surface area contributed by atoms with Gasteiger partial charge < -0.3 is 15.0 Å². The smallest absolute Gasteiger partial charge is 0.225 e. The molecule has 4 heteroatoms. The van der Waals surface area contributed by atoms with E-state index in [9.17, 15) is 4.79 Å². The number of rotatable bonds is 5. The van der Waals surface area contributed by atoms with Gasteiger partial charge >= 0.3 is 0 Å². The maximum absolute atomic E-state index is 12.6. The predicted molar refractivity (Wildman–Crippen MR) is 78.5 cm³/mol. The Balaban J connectivity index is 1.51. The van der Waals surface area contributed by atoms with Crippen molar-refractivity contribution in [3.8, 4) is 0 Å². The lowest BCUT2D eigenvalue weighted by molar-refractivity contribution is -0.136. The van der Waals surface area contributed by atoms with Gasteiger partial charge in [0.05, 0.1) is 12.5 Å². The summed E-state index contributed by atoms with van der Waals surface area (Å²) in [7, 11) is 0. The number of piperidine rings is 1. The summed E-state index contributed by atoms with van der Waals surface area (Å²) < 4.78 is 5.73. The average molecular weight is 280 g/mol. The second-order valence-electron chi connectivity index (χ2n) is 6.68. The first-order valence-electron chi connectivity index (χ1n) is 8.44. The molecule has 1 aliphatic carbocycles. The van der Waals surface area contributed by atoms with Crippen molar-refractivity contribution in [3.63, 3.8) is 0 Å². The molecule has 0 spiro atoms. The molecule has 1 amide bonds. The number of carbonyl (C=O) groups excluding carboxylic acids is 1. The molecule has 0 bridgehead atoms. The lowest BCUT2D eigenvalue weighted by Crippen LogP contribution is -2.43. The molecule has 0 aromatic carbocycles. The summed E-state index contributed by atoms with van der Waals surface area (Å²) in [6.45, 7) is 4.03. The second-order valence-corrected chi connectivity index (χ2v) is 6.68. The van der Waals surface area contributed by atoms with Crippen molar-refractivity contribution in [1.82, 2.24) is 10.2 Å². The van der Waals surface area contributed by atoms with E-state index in [4.69, 9.17) is 4.74 Å². The molecule has 0 aromatic rings. The van der Waals surface area contributed by atoms with Gasteiger partial charge in [0, 0.05) is 19.2 Å². The maximum Gasteiger partial charge on any atom is 0.225 e. The molecule has 1 N–H and O–H groups in total. The van der Waals surface area contributed by atoms with Crippen LogP contribution in [0.1, 0.15) is 51.4 Å². The highest BCUT2D eigenvalue weighted by Crippen LogP contribution is 2.30. The predicted octanol–water partition coefficient (Wildman–Crippen LogP) is 1.94. The summed E-state index contributed by atoms with van der Waals surface area (Å²) in [6, 6.07) is 0.535. The minimum Gasteiger partial charge on any atom is -0.378 e. The Morgan fingerprint density at radius 3 is 2.70 bits per heavy atom. The van der Waals surface area contributed by atoms with Crippen LogP contribution in [0, 0.1) is 5.92 Å². The molecule has 0 aromatic heterocycles. The molecule has 4 nitrogen and oxygen atoms in total. The number of amides is 1. The van der Waals surface area contributed by atoms with Gasteiger partial charge in [-0.05, 0) is 64.0 Å². The SMILES string of the molecule is O=C(CC1CCCCO1)N(CC1CCCNC1)C1CC1. The Bertz CT molecular complexity index is 318. The van der Waals surface area contributed by atoms with Gasteiger partial charge in [0.25, 0.3) is 0 Å². The van der Waals surface area contributed by atoms with Crippen molar-refractivity contribution in [2.45, 2.75) is 63.5 Å². The second kappa shape index (κ2) is 6.90. The number of nitrogens with zero attached hydrogens (tertiary/aromatic N) is 1. The Labute approximate surface area is 122 Å². The van der Waals surface area contributed by atoms with E-state index < -0.39 is 0 Å². The molecule has 114 valence electrons. The van der Waals surface area contributed by atoms with Crippen molar-refractivity contribution >= 4 is 5.91 Å². The summed E-state index contributed by atoms with van der Waals surface area (Å²) in [5, 5.41) is 3.46. The fraction of sp³-hybridized carbons (Fsp3) is 0.938. The molecule has 2 saturated heterocycles. The van der Waals surface area contributed by atoms with E-state index in [-0.39, 0.29) is 6.10 Å². The summed E-state index contributed by atoms with van der Waals surface area (Å²) >= 11 is 0. The van der Waals surface area contributed by atoms with Crippen molar-refractivity contribution < 1.29 is 9.53 Å². The number of nitrogens with one attached hydrogen (secondary N) is 1. The largest absolute Gasteiger partial charge is 0.378 e. The summed E-state index contributed by atoms with van der Waals surface area (Å²) in [6.07, 6.45) is 9.16. The van der Waals surface area contributed by atoms with Crippen LogP contribution in [0.3, 0.4) is 0 Å². The van der Waals surface area contributed by atoms with Gasteiger partial charge in [-0.25, -0.2) is 0 Å². The molecule has 0 radical (unpaired) electrons. The molecule has 2 unspecified atom stereocenters. The lowest BCUT2D eigenvalue weighted by Gasteiger charge is -2.32. The first-order valence-corrected chi connectivity index (χ1v) is 8.44. The van der Waals surface area contributed by atoms with Crippen LogP contribution < -0.4 is 5.32 Å². The quantitative estimate of drug-likeness (QED) is 0.837. The molecule has 1 saturated carbocycles. The average Bonchev–Trinajstić information content (AvgIpc) is 3.31. The molecular weight excluding hydrogens is 252 g/mol. The Morgan fingerprint density at radius 2 is 2.05 bits per heavy atom. The van der Waals surface area contributed by atoms with Gasteiger partial charge in [-0.3, -0.25) is 4.79 Å². The van der Waals surface area contributed by atoms with Gasteiger partial charge in [0.15, 0.2) is 0 Å². The fourth-order valence-electron chi connectivity index (χ4n) is 3.48. The molecule has 3 rings (SSSR count). The van der Waals surface area contributed by atoms with Crippen molar-refractivity contribution in [3.05, 3.63) is 0 Å². The molecule has 2 atom stereocenters. The van der Waals surface area contributed by atoms with Gasteiger partial charge in [-0.2, -0.15) is 0 Å². The van der Waals surface area contributed by atoms with E-state index in [1.165, 1.54) is 32.1 Å². The molecule has 3 aliphatic rings. The lowest BCUT2D eigenvalue weighted by atomic mass is 9.98. The molecule has 3 fully saturated rings. The summed E-state index contributed by atoms with van der Waals surface area (Å²) in [5.41, 5.74) is 0. The highest BCUT2D eigenvalue weighted by Gasteiger charge is 2.35. The van der Waals surface area contributed by atoms with E-state index in [0.717, 1.165) is 39.1 Å². The maximum atomic E-state index is 12.6. The van der Waals surface area contributed by atoms with E-state index in [1.807, 2.05) is 0 Å². The highest BCUT2D eigenvalue weighted by molar-refractivity contribution is 5.77. The van der Waals surface area contributed by atoms with Crippen LogP contribution in [-0.2, 0) is 9.53 Å². The van der Waals surface area contributed by atoms with Crippen LogP contribution in [0.25, 0.3) is 0 Å². The third kappa shape index (κ3) is 3.95. The zero-order valence-electron chi connectivity index (χ0n) is 12.5. The van der Waals surface area contributed by atoms with Crippen molar-refractivity contribution in [2.75, 3.05) is 26.2 Å². The van der Waals surface area contributed by atoms with Crippen LogP contribution in [0.5, 0.6) is 0 Å². The summed E-state index contributed by atoms with van der Waals surface area (Å²) in [5.74, 6) is 0.991. The van der Waals surface area contributed by atoms with Gasteiger partial charge in [0.1, 0.15) is 0 Å². The van der Waals surface area contributed by atoms with Crippen LogP contribution in [0.4, 0.5) is 0 Å². The monoisotopic (exact) mass is 280 g/mol. The highest BCUT2D eigenvalue weighted by atomic mass is 16.5. The summed E-state index contributed by atoms with van der Waals surface area (Å²) in [4.78, 5) is 14.8. The minimum absolute atomic E-state index is 0.182. The van der Waals surface area contributed by atoms with Crippen LogP contribution in [0.15, 0.2) is 0 Å². The van der Waals surface area contributed by atoms with E-state index in [1.54, 1.807) is 0 Å². The van der Waals surface area contributed by atoms with E-state index in [2.05, 4.69) is 10.2 Å². The third-order valence-corrected chi connectivity index (χ3v) is 4.84. The van der Waals surface area contributed by atoms with E-state index in [0.29, 0.717) is 24.3 Å². The first-order chi connectivity index (χ1) is 9.83. The first kappa shape index (κ1) is 14.3. The minimum atomic E-state index is 0.182. The van der Waals surface area contributed by atoms with Gasteiger partial charge in [-0.1, -0.05) is 0 Å². The zero-order valence-corrected chi connectivity index (χ0v) is 12.5. The topological polar surface area (TPSA) is 41.6 Å². The fourth-order valence-corrected chi connectivity index (χ4v) is 3.48. The zero-order chi connectivity index (χ0) is 13.8. The van der Waals surface area contributed by atoms with Crippen molar-refractivity contribution in [1.29, 1.82) is 0 Å². The number of hydrogen-bond acceptors (Lipinski definition) is 3. The van der Waals surface area contributed by atoms with Crippen LogP contribution in [0.2, 0.25) is 0 Å². The number of ether oxygens (including phenoxy) is 1. The van der Waals surface area contributed by atoms with E-state index >= 15 is 0 Å². The number of hydrogen-bond donors (Lipinski definition) is 1. The normalized spacial score (nSPS) is 31.0. The molecule has 20 heavy (non-hydrogen) atoms. The molecule has 2 heterocycles. The van der Waals surface area contributed by atoms with Crippen LogP contribution >= 0.6 is 0 Å². The van der Waals surface area contributed by atoms with Gasteiger partial charge in [0.2, 0.25) is 5.91 Å². The third-order valence-electron chi connectivity index (χ3n) is 4.84. The van der Waals surface area contributed by atoms with Crippen LogP contribution in [-0.4, -0.2) is 49.2 Å². The Hall–Kier alpha value is -0.610. The van der Waals surface area contributed by atoms with Crippen molar-refractivity contribution in [2.24, 2.45) is 5.92 Å². The molecular formula is C16H28N2O2. The molecule has 2 aliphatic heterocycles.